The van der Waals surface area contributed by atoms with Crippen molar-refractivity contribution in [1.29, 1.82) is 0 Å². The van der Waals surface area contributed by atoms with E-state index < -0.39 is 12.1 Å². The van der Waals surface area contributed by atoms with Gasteiger partial charge in [0.25, 0.3) is 0 Å². The van der Waals surface area contributed by atoms with Crippen LogP contribution in [0.15, 0.2) is 0 Å². The van der Waals surface area contributed by atoms with Crippen LogP contribution in [0.4, 0.5) is 0 Å². The molecule has 78 valence electrons. The van der Waals surface area contributed by atoms with Gasteiger partial charge in [0, 0.05) is 7.11 Å². The quantitative estimate of drug-likeness (QED) is 0.354. The fraction of sp³-hybridized carbons (Fsp3) is 0.875. The zero-order valence-electron chi connectivity index (χ0n) is 8.12. The molecule has 5 heteroatoms. The van der Waals surface area contributed by atoms with E-state index in [2.05, 4.69) is 4.84 Å². The first-order valence-corrected chi connectivity index (χ1v) is 4.27. The average Bonchev–Trinajstić information content (AvgIpc) is 2.14. The fourth-order valence-corrected chi connectivity index (χ4v) is 0.724. The summed E-state index contributed by atoms with van der Waals surface area (Å²) in [7, 11) is 1.46. The number of carbonyl (C=O) groups excluding carboxylic acids is 1. The Balaban J connectivity index is 3.64. The Hall–Kier alpha value is -0.650. The number of esters is 1. The Morgan fingerprint density at radius 2 is 2.23 bits per heavy atom. The van der Waals surface area contributed by atoms with Crippen LogP contribution in [0.3, 0.4) is 0 Å². The summed E-state index contributed by atoms with van der Waals surface area (Å²) in [5.41, 5.74) is 0. The second kappa shape index (κ2) is 7.97. The lowest BCUT2D eigenvalue weighted by molar-refractivity contribution is -0.161. The van der Waals surface area contributed by atoms with E-state index in [-0.39, 0.29) is 6.61 Å². The average molecular weight is 191 g/mol. The molecule has 0 rings (SSSR count). The van der Waals surface area contributed by atoms with Crippen molar-refractivity contribution >= 4 is 5.97 Å². The van der Waals surface area contributed by atoms with Gasteiger partial charge in [0.05, 0.1) is 13.2 Å². The molecule has 0 heterocycles. The molecule has 0 radical (unpaired) electrons. The Kier molecular flexibility index (Phi) is 7.57. The third-order valence-corrected chi connectivity index (χ3v) is 1.49. The molecule has 2 N–H and O–H groups in total. The van der Waals surface area contributed by atoms with Crippen molar-refractivity contribution in [3.05, 3.63) is 0 Å². The second-order valence-electron chi connectivity index (χ2n) is 2.60. The number of carbonyl (C=O) groups is 1. The first kappa shape index (κ1) is 12.3. The summed E-state index contributed by atoms with van der Waals surface area (Å²) >= 11 is 0. The van der Waals surface area contributed by atoms with Crippen LogP contribution >= 0.6 is 0 Å². The summed E-state index contributed by atoms with van der Waals surface area (Å²) < 4.78 is 9.58. The molecule has 0 fully saturated rings. The number of nitrogens with two attached hydrogens (primary N) is 1. The highest BCUT2D eigenvalue weighted by molar-refractivity contribution is 5.74. The highest BCUT2D eigenvalue weighted by Crippen LogP contribution is 1.96. The minimum Gasteiger partial charge on any atom is -0.464 e. The van der Waals surface area contributed by atoms with Gasteiger partial charge in [-0.15, -0.1) is 0 Å². The van der Waals surface area contributed by atoms with Gasteiger partial charge in [-0.1, -0.05) is 13.3 Å². The number of hydrogen-bond donors (Lipinski definition) is 1. The van der Waals surface area contributed by atoms with Gasteiger partial charge in [-0.05, 0) is 6.42 Å². The van der Waals surface area contributed by atoms with Crippen molar-refractivity contribution in [1.82, 2.24) is 0 Å². The standard InChI is InChI=1S/C8H17NO4/c1-3-4-5-12-8(10)7(13-9)6-11-2/h7H,3-6,9H2,1-2H3/t7-/m0/s1. The Bertz CT molecular complexity index is 140. The number of unbranched alkanes of at least 4 members (excludes halogenated alkanes) is 1. The van der Waals surface area contributed by atoms with Crippen LogP contribution < -0.4 is 5.90 Å². The topological polar surface area (TPSA) is 70.8 Å². The summed E-state index contributed by atoms with van der Waals surface area (Å²) in [6.45, 7) is 2.53. The third kappa shape index (κ3) is 5.57. The largest absolute Gasteiger partial charge is 0.464 e. The van der Waals surface area contributed by atoms with E-state index in [9.17, 15) is 4.79 Å². The summed E-state index contributed by atoms with van der Waals surface area (Å²) in [6, 6.07) is 0. The second-order valence-corrected chi connectivity index (χ2v) is 2.60. The normalized spacial score (nSPS) is 12.5. The van der Waals surface area contributed by atoms with Gasteiger partial charge in [0.1, 0.15) is 0 Å². The van der Waals surface area contributed by atoms with Crippen LogP contribution in [0, 0.1) is 0 Å². The minimum atomic E-state index is -0.818. The van der Waals surface area contributed by atoms with E-state index in [0.29, 0.717) is 6.61 Å². The lowest BCUT2D eigenvalue weighted by Gasteiger charge is -2.12. The molecule has 0 amide bonds. The van der Waals surface area contributed by atoms with E-state index >= 15 is 0 Å². The highest BCUT2D eigenvalue weighted by atomic mass is 16.7. The van der Waals surface area contributed by atoms with Crippen LogP contribution in [0.1, 0.15) is 19.8 Å². The van der Waals surface area contributed by atoms with E-state index in [4.69, 9.17) is 15.4 Å². The number of methoxy groups -OCH3 is 1. The van der Waals surface area contributed by atoms with Gasteiger partial charge >= 0.3 is 5.97 Å². The SMILES string of the molecule is CCCCOC(=O)[C@H](COC)ON. The zero-order valence-corrected chi connectivity index (χ0v) is 8.12. The maximum Gasteiger partial charge on any atom is 0.339 e. The molecule has 0 aromatic heterocycles. The molecular weight excluding hydrogens is 174 g/mol. The van der Waals surface area contributed by atoms with Crippen LogP contribution in [0.2, 0.25) is 0 Å². The Labute approximate surface area is 78.1 Å². The molecule has 0 aliphatic heterocycles. The molecule has 5 nitrogen and oxygen atoms in total. The maximum absolute atomic E-state index is 11.1. The lowest BCUT2D eigenvalue weighted by Crippen LogP contribution is -2.33. The molecule has 0 unspecified atom stereocenters. The molecule has 1 atom stereocenters. The first-order chi connectivity index (χ1) is 6.26. The van der Waals surface area contributed by atoms with E-state index in [0.717, 1.165) is 12.8 Å². The van der Waals surface area contributed by atoms with Gasteiger partial charge in [-0.25, -0.2) is 10.7 Å². The summed E-state index contributed by atoms with van der Waals surface area (Å²) in [4.78, 5) is 15.5. The van der Waals surface area contributed by atoms with Gasteiger partial charge in [-0.3, -0.25) is 4.84 Å². The van der Waals surface area contributed by atoms with Crippen molar-refractivity contribution in [2.75, 3.05) is 20.3 Å². The van der Waals surface area contributed by atoms with Crippen molar-refractivity contribution in [3.8, 4) is 0 Å². The molecule has 0 aromatic rings. The van der Waals surface area contributed by atoms with Crippen LogP contribution in [-0.2, 0) is 19.1 Å². The molecular formula is C8H17NO4. The van der Waals surface area contributed by atoms with E-state index in [1.54, 1.807) is 0 Å². The molecule has 0 aliphatic carbocycles. The Morgan fingerprint density at radius 3 is 2.69 bits per heavy atom. The molecule has 0 saturated carbocycles. The van der Waals surface area contributed by atoms with Crippen molar-refractivity contribution in [2.45, 2.75) is 25.9 Å². The number of ether oxygens (including phenoxy) is 2. The summed E-state index contributed by atoms with van der Waals surface area (Å²) in [6.07, 6.45) is 1.00. The fourth-order valence-electron chi connectivity index (χ4n) is 0.724. The van der Waals surface area contributed by atoms with Crippen LogP contribution in [0.25, 0.3) is 0 Å². The predicted molar refractivity (Wildman–Crippen MR) is 46.8 cm³/mol. The van der Waals surface area contributed by atoms with Crippen molar-refractivity contribution in [2.24, 2.45) is 5.90 Å². The Morgan fingerprint density at radius 1 is 1.54 bits per heavy atom. The monoisotopic (exact) mass is 191 g/mol. The molecule has 0 bridgehead atoms. The number of hydrogen-bond acceptors (Lipinski definition) is 5. The highest BCUT2D eigenvalue weighted by Gasteiger charge is 2.19. The number of rotatable bonds is 7. The summed E-state index contributed by atoms with van der Waals surface area (Å²) in [5.74, 6) is 4.41. The molecule has 0 saturated heterocycles. The smallest absolute Gasteiger partial charge is 0.339 e. The minimum absolute atomic E-state index is 0.113. The van der Waals surface area contributed by atoms with Gasteiger partial charge in [0.15, 0.2) is 6.10 Å². The third-order valence-electron chi connectivity index (χ3n) is 1.49. The predicted octanol–water partition coefficient (Wildman–Crippen LogP) is 0.235. The molecule has 0 aromatic carbocycles. The zero-order chi connectivity index (χ0) is 10.1. The lowest BCUT2D eigenvalue weighted by atomic mass is 10.3. The van der Waals surface area contributed by atoms with Gasteiger partial charge in [-0.2, -0.15) is 0 Å². The van der Waals surface area contributed by atoms with E-state index in [1.807, 2.05) is 6.92 Å². The van der Waals surface area contributed by atoms with Crippen molar-refractivity contribution < 1.29 is 19.1 Å². The van der Waals surface area contributed by atoms with Gasteiger partial charge < -0.3 is 9.47 Å². The molecule has 0 spiro atoms. The van der Waals surface area contributed by atoms with Crippen molar-refractivity contribution in [3.63, 3.8) is 0 Å². The molecule has 0 aliphatic rings. The van der Waals surface area contributed by atoms with Crippen LogP contribution in [-0.4, -0.2) is 32.4 Å². The molecule has 13 heavy (non-hydrogen) atoms. The summed E-state index contributed by atoms with van der Waals surface area (Å²) in [5, 5.41) is 0. The van der Waals surface area contributed by atoms with E-state index in [1.165, 1.54) is 7.11 Å². The van der Waals surface area contributed by atoms with Crippen LogP contribution in [0.5, 0.6) is 0 Å². The first-order valence-electron chi connectivity index (χ1n) is 4.27. The maximum atomic E-state index is 11.1. The van der Waals surface area contributed by atoms with Gasteiger partial charge in [0.2, 0.25) is 0 Å².